The molecule has 9 heteroatoms. The fourth-order valence-corrected chi connectivity index (χ4v) is 2.85. The van der Waals surface area contributed by atoms with E-state index in [0.29, 0.717) is 22.6 Å². The molecule has 0 radical (unpaired) electrons. The second-order valence-corrected chi connectivity index (χ2v) is 6.39. The number of rotatable bonds is 6. The molecule has 0 aliphatic carbocycles. The van der Waals surface area contributed by atoms with Crippen molar-refractivity contribution in [1.29, 1.82) is 0 Å². The predicted molar refractivity (Wildman–Crippen MR) is 78.3 cm³/mol. The maximum Gasteiger partial charge on any atom is 0.396 e. The van der Waals surface area contributed by atoms with Gasteiger partial charge in [0.25, 0.3) is 0 Å². The van der Waals surface area contributed by atoms with E-state index in [2.05, 4.69) is 34.0 Å². The van der Waals surface area contributed by atoms with Gasteiger partial charge in [-0.15, -0.1) is 0 Å². The van der Waals surface area contributed by atoms with Gasteiger partial charge < -0.3 is 10.1 Å². The quantitative estimate of drug-likeness (QED) is 0.650. The number of aromatic nitrogens is 5. The largest absolute Gasteiger partial charge is 0.396 e. The van der Waals surface area contributed by atoms with Crippen LogP contribution in [0.25, 0.3) is 0 Å². The number of H-pyrrole nitrogens is 1. The van der Waals surface area contributed by atoms with E-state index in [9.17, 15) is 10.1 Å². The number of imidazole rings is 1. The average Bonchev–Trinajstić information content (AvgIpc) is 2.98. The second-order valence-electron chi connectivity index (χ2n) is 5.41. The van der Waals surface area contributed by atoms with E-state index < -0.39 is 4.92 Å². The molecule has 0 spiro atoms. The van der Waals surface area contributed by atoms with E-state index in [-0.39, 0.29) is 11.7 Å². The van der Waals surface area contributed by atoms with Gasteiger partial charge in [0.15, 0.2) is 10.2 Å². The molecule has 21 heavy (non-hydrogen) atoms. The summed E-state index contributed by atoms with van der Waals surface area (Å²) in [4.78, 5) is 19.1. The van der Waals surface area contributed by atoms with Crippen molar-refractivity contribution in [3.63, 3.8) is 0 Å². The van der Waals surface area contributed by atoms with E-state index in [1.54, 1.807) is 0 Å². The normalized spacial score (nSPS) is 11.5. The monoisotopic (exact) mass is 310 g/mol. The zero-order valence-electron chi connectivity index (χ0n) is 12.4. The minimum atomic E-state index is -0.443. The third kappa shape index (κ3) is 3.41. The lowest BCUT2D eigenvalue weighted by molar-refractivity contribution is -0.392. The molecular formula is C12H18N6O2S. The van der Waals surface area contributed by atoms with Crippen molar-refractivity contribution >= 4 is 17.6 Å². The number of nitrogens with zero attached hydrogens (tertiary/aromatic N) is 5. The zero-order valence-corrected chi connectivity index (χ0v) is 13.2. The molecule has 0 saturated carbocycles. The first-order valence-electron chi connectivity index (χ1n) is 6.68. The van der Waals surface area contributed by atoms with Crippen LogP contribution in [0.5, 0.6) is 0 Å². The Balaban J connectivity index is 2.53. The van der Waals surface area contributed by atoms with Gasteiger partial charge in [-0.25, -0.2) is 4.98 Å². The number of nitrogens with one attached hydrogen (secondary N) is 1. The topological polar surface area (TPSA) is 103 Å². The molecule has 2 rings (SSSR count). The Morgan fingerprint density at radius 1 is 1.43 bits per heavy atom. The summed E-state index contributed by atoms with van der Waals surface area (Å²) in [5, 5.41) is 18.8. The van der Waals surface area contributed by atoms with Crippen LogP contribution < -0.4 is 0 Å². The average molecular weight is 310 g/mol. The molecule has 0 aliphatic rings. The summed E-state index contributed by atoms with van der Waals surface area (Å²) in [5.74, 6) is 1.05. The highest BCUT2D eigenvalue weighted by atomic mass is 32.2. The van der Waals surface area contributed by atoms with Crippen LogP contribution in [0.4, 0.5) is 5.82 Å². The first kappa shape index (κ1) is 15.5. The van der Waals surface area contributed by atoms with Gasteiger partial charge >= 0.3 is 5.82 Å². The van der Waals surface area contributed by atoms with Crippen molar-refractivity contribution in [3.8, 4) is 0 Å². The first-order chi connectivity index (χ1) is 9.90. The maximum absolute atomic E-state index is 11.3. The van der Waals surface area contributed by atoms with Crippen LogP contribution >= 0.6 is 11.8 Å². The highest BCUT2D eigenvalue weighted by molar-refractivity contribution is 7.99. The lowest BCUT2D eigenvalue weighted by Gasteiger charge is -2.12. The van der Waals surface area contributed by atoms with Crippen molar-refractivity contribution in [3.05, 3.63) is 22.3 Å². The summed E-state index contributed by atoms with van der Waals surface area (Å²) in [6, 6.07) is 0. The molecule has 0 unspecified atom stereocenters. The van der Waals surface area contributed by atoms with Crippen LogP contribution in [0.1, 0.15) is 39.4 Å². The first-order valence-corrected chi connectivity index (χ1v) is 7.49. The SMILES string of the molecule is CC(C)Cn1c(C(C)C)nc([N+](=O)[O-])c1Sc1ncn[nH]1. The number of hydrogen-bond acceptors (Lipinski definition) is 6. The van der Waals surface area contributed by atoms with Crippen LogP contribution in [0, 0.1) is 16.0 Å². The minimum Gasteiger partial charge on any atom is -0.358 e. The molecule has 2 aromatic rings. The van der Waals surface area contributed by atoms with E-state index in [0.717, 1.165) is 5.82 Å². The fraction of sp³-hybridized carbons (Fsp3) is 0.583. The molecule has 8 nitrogen and oxygen atoms in total. The smallest absolute Gasteiger partial charge is 0.358 e. The summed E-state index contributed by atoms with van der Waals surface area (Å²) in [6.07, 6.45) is 1.38. The van der Waals surface area contributed by atoms with Crippen LogP contribution in [0.15, 0.2) is 16.5 Å². The molecule has 1 N–H and O–H groups in total. The van der Waals surface area contributed by atoms with Crippen molar-refractivity contribution < 1.29 is 4.92 Å². The van der Waals surface area contributed by atoms with Crippen LogP contribution in [-0.2, 0) is 6.54 Å². The molecular weight excluding hydrogens is 292 g/mol. The van der Waals surface area contributed by atoms with E-state index >= 15 is 0 Å². The Hall–Kier alpha value is -1.90. The highest BCUT2D eigenvalue weighted by Gasteiger charge is 2.30. The summed E-state index contributed by atoms with van der Waals surface area (Å²) >= 11 is 1.19. The van der Waals surface area contributed by atoms with Gasteiger partial charge in [0.1, 0.15) is 6.33 Å². The second kappa shape index (κ2) is 6.25. The molecule has 0 aromatic carbocycles. The summed E-state index contributed by atoms with van der Waals surface area (Å²) < 4.78 is 1.92. The highest BCUT2D eigenvalue weighted by Crippen LogP contribution is 2.35. The molecule has 0 aliphatic heterocycles. The maximum atomic E-state index is 11.3. The molecule has 114 valence electrons. The Labute approximate surface area is 126 Å². The number of aromatic amines is 1. The Morgan fingerprint density at radius 2 is 2.14 bits per heavy atom. The van der Waals surface area contributed by atoms with Crippen molar-refractivity contribution in [1.82, 2.24) is 24.7 Å². The third-order valence-corrected chi connectivity index (χ3v) is 3.74. The van der Waals surface area contributed by atoms with Gasteiger partial charge in [0, 0.05) is 12.5 Å². The minimum absolute atomic E-state index is 0.103. The van der Waals surface area contributed by atoms with Gasteiger partial charge in [-0.2, -0.15) is 5.10 Å². The van der Waals surface area contributed by atoms with Crippen molar-refractivity contribution in [2.75, 3.05) is 0 Å². The fourth-order valence-electron chi connectivity index (χ4n) is 1.98. The van der Waals surface area contributed by atoms with Gasteiger partial charge in [-0.1, -0.05) is 27.7 Å². The molecule has 0 amide bonds. The van der Waals surface area contributed by atoms with Crippen LogP contribution in [-0.4, -0.2) is 29.7 Å². The zero-order chi connectivity index (χ0) is 15.6. The number of hydrogen-bond donors (Lipinski definition) is 1. The van der Waals surface area contributed by atoms with Crippen molar-refractivity contribution in [2.45, 2.75) is 50.3 Å². The Kier molecular flexibility index (Phi) is 4.61. The molecule has 2 heterocycles. The van der Waals surface area contributed by atoms with Crippen LogP contribution in [0.3, 0.4) is 0 Å². The molecule has 0 atom stereocenters. The van der Waals surface area contributed by atoms with E-state index in [1.165, 1.54) is 18.1 Å². The molecule has 0 saturated heterocycles. The van der Waals surface area contributed by atoms with Gasteiger partial charge in [0.2, 0.25) is 5.82 Å². The lowest BCUT2D eigenvalue weighted by Crippen LogP contribution is -2.11. The Morgan fingerprint density at radius 3 is 2.62 bits per heavy atom. The predicted octanol–water partition coefficient (Wildman–Crippen LogP) is 2.84. The standard InChI is InChI=1S/C12H18N6O2S/c1-7(2)5-17-9(8(3)4)15-10(18(19)20)11(17)21-12-13-6-14-16-12/h6-8H,5H2,1-4H3,(H,13,14,16). The molecule has 0 bridgehead atoms. The summed E-state index contributed by atoms with van der Waals surface area (Å²) in [5.41, 5.74) is 0. The molecule has 2 aromatic heterocycles. The van der Waals surface area contributed by atoms with Gasteiger partial charge in [0.05, 0.1) is 0 Å². The van der Waals surface area contributed by atoms with Crippen molar-refractivity contribution in [2.24, 2.45) is 5.92 Å². The lowest BCUT2D eigenvalue weighted by atomic mass is 10.2. The number of nitro groups is 1. The molecule has 0 fully saturated rings. The van der Waals surface area contributed by atoms with E-state index in [1.807, 2.05) is 18.4 Å². The van der Waals surface area contributed by atoms with Gasteiger partial charge in [-0.3, -0.25) is 9.67 Å². The summed E-state index contributed by atoms with van der Waals surface area (Å²) in [6.45, 7) is 8.76. The van der Waals surface area contributed by atoms with E-state index in [4.69, 9.17) is 0 Å². The van der Waals surface area contributed by atoms with Crippen LogP contribution in [0.2, 0.25) is 0 Å². The third-order valence-electron chi connectivity index (χ3n) is 2.76. The summed E-state index contributed by atoms with van der Waals surface area (Å²) in [7, 11) is 0. The van der Waals surface area contributed by atoms with Gasteiger partial charge in [-0.05, 0) is 27.6 Å². The Bertz CT molecular complexity index is 620.